The van der Waals surface area contributed by atoms with Crippen LogP contribution in [0.1, 0.15) is 18.1 Å². The average molecular weight is 233 g/mol. The summed E-state index contributed by atoms with van der Waals surface area (Å²) in [5.74, 6) is 0. The maximum atomic E-state index is 5.92. The molecule has 0 amide bonds. The van der Waals surface area contributed by atoms with E-state index in [-0.39, 0.29) is 0 Å². The van der Waals surface area contributed by atoms with Crippen molar-refractivity contribution < 1.29 is 0 Å². The highest BCUT2D eigenvalue weighted by atomic mass is 35.5. The van der Waals surface area contributed by atoms with Crippen molar-refractivity contribution in [2.75, 3.05) is 0 Å². The highest BCUT2D eigenvalue weighted by Gasteiger charge is 2.00. The van der Waals surface area contributed by atoms with E-state index in [0.717, 1.165) is 28.3 Å². The molecule has 0 saturated carbocycles. The van der Waals surface area contributed by atoms with Crippen LogP contribution in [0.5, 0.6) is 0 Å². The first kappa shape index (κ1) is 11.0. The van der Waals surface area contributed by atoms with Gasteiger partial charge in [0.05, 0.1) is 12.7 Å². The van der Waals surface area contributed by atoms with Crippen molar-refractivity contribution in [2.45, 2.75) is 13.5 Å². The molecule has 0 atom stereocenters. The zero-order chi connectivity index (χ0) is 11.5. The van der Waals surface area contributed by atoms with Crippen LogP contribution in [-0.4, -0.2) is 9.78 Å². The molecule has 0 unspecified atom stereocenters. The molecule has 82 valence electrons. The molecule has 16 heavy (non-hydrogen) atoms. The molecule has 0 bridgehead atoms. The number of allylic oxidation sites excluding steroid dienone is 1. The molecule has 0 aliphatic carbocycles. The summed E-state index contributed by atoms with van der Waals surface area (Å²) < 4.78 is 1.88. The van der Waals surface area contributed by atoms with Crippen LogP contribution in [0.3, 0.4) is 0 Å². The fourth-order valence-electron chi connectivity index (χ4n) is 1.49. The van der Waals surface area contributed by atoms with E-state index >= 15 is 0 Å². The topological polar surface area (TPSA) is 17.8 Å². The second-order valence-corrected chi connectivity index (χ2v) is 4.27. The van der Waals surface area contributed by atoms with E-state index in [1.165, 1.54) is 0 Å². The first-order valence-corrected chi connectivity index (χ1v) is 5.46. The van der Waals surface area contributed by atoms with Crippen LogP contribution in [0.15, 0.2) is 43.2 Å². The number of hydrogen-bond acceptors (Lipinski definition) is 1. The molecule has 0 aliphatic rings. The lowest BCUT2D eigenvalue weighted by atomic mass is 10.2. The maximum absolute atomic E-state index is 5.92. The van der Waals surface area contributed by atoms with Crippen molar-refractivity contribution in [3.63, 3.8) is 0 Å². The Labute approximate surface area is 100 Å². The molecule has 2 nitrogen and oxygen atoms in total. The SMILES string of the molecule is C=C(C)c1cnn(Cc2cccc(Cl)c2)c1. The average Bonchev–Trinajstić information content (AvgIpc) is 2.66. The van der Waals surface area contributed by atoms with Gasteiger partial charge in [0.15, 0.2) is 0 Å². The van der Waals surface area contributed by atoms with Gasteiger partial charge in [-0.3, -0.25) is 4.68 Å². The third kappa shape index (κ3) is 2.52. The van der Waals surface area contributed by atoms with Gasteiger partial charge in [0.1, 0.15) is 0 Å². The van der Waals surface area contributed by atoms with Crippen LogP contribution in [0.4, 0.5) is 0 Å². The summed E-state index contributed by atoms with van der Waals surface area (Å²) in [5, 5.41) is 5.03. The molecule has 0 saturated heterocycles. The van der Waals surface area contributed by atoms with E-state index in [0.29, 0.717) is 0 Å². The summed E-state index contributed by atoms with van der Waals surface area (Å²) in [7, 11) is 0. The minimum Gasteiger partial charge on any atom is -0.268 e. The first-order valence-electron chi connectivity index (χ1n) is 5.08. The van der Waals surface area contributed by atoms with Crippen molar-refractivity contribution in [3.05, 3.63) is 59.4 Å². The summed E-state index contributed by atoms with van der Waals surface area (Å²) in [6.07, 6.45) is 3.82. The highest BCUT2D eigenvalue weighted by Crippen LogP contribution is 2.13. The van der Waals surface area contributed by atoms with Gasteiger partial charge in [-0.05, 0) is 30.2 Å². The Morgan fingerprint density at radius 3 is 2.94 bits per heavy atom. The van der Waals surface area contributed by atoms with Crippen LogP contribution < -0.4 is 0 Å². The summed E-state index contributed by atoms with van der Waals surface area (Å²) in [4.78, 5) is 0. The molecule has 1 aromatic carbocycles. The lowest BCUT2D eigenvalue weighted by molar-refractivity contribution is 0.687. The van der Waals surface area contributed by atoms with E-state index in [1.54, 1.807) is 0 Å². The predicted molar refractivity (Wildman–Crippen MR) is 67.5 cm³/mol. The smallest absolute Gasteiger partial charge is 0.0660 e. The Balaban J connectivity index is 2.17. The maximum Gasteiger partial charge on any atom is 0.0660 e. The monoisotopic (exact) mass is 232 g/mol. The minimum absolute atomic E-state index is 0.730. The van der Waals surface area contributed by atoms with Crippen molar-refractivity contribution in [2.24, 2.45) is 0 Å². The lowest BCUT2D eigenvalue weighted by Crippen LogP contribution is -1.99. The Morgan fingerprint density at radius 1 is 1.50 bits per heavy atom. The van der Waals surface area contributed by atoms with E-state index in [1.807, 2.05) is 48.3 Å². The lowest BCUT2D eigenvalue weighted by Gasteiger charge is -2.01. The van der Waals surface area contributed by atoms with Gasteiger partial charge >= 0.3 is 0 Å². The molecule has 0 fully saturated rings. The van der Waals surface area contributed by atoms with E-state index in [4.69, 9.17) is 11.6 Å². The first-order chi connectivity index (χ1) is 7.65. The molecule has 0 aliphatic heterocycles. The number of rotatable bonds is 3. The summed E-state index contributed by atoms with van der Waals surface area (Å²) in [6, 6.07) is 7.80. The number of halogens is 1. The second kappa shape index (κ2) is 4.54. The minimum atomic E-state index is 0.730. The standard InChI is InChI=1S/C13H13ClN2/c1-10(2)12-7-15-16(9-12)8-11-4-3-5-13(14)6-11/h3-7,9H,1,8H2,2H3. The third-order valence-corrected chi connectivity index (χ3v) is 2.59. The molecule has 0 radical (unpaired) electrons. The molecular weight excluding hydrogens is 220 g/mol. The zero-order valence-electron chi connectivity index (χ0n) is 9.15. The molecule has 0 N–H and O–H groups in total. The van der Waals surface area contributed by atoms with Gasteiger partial charge < -0.3 is 0 Å². The Morgan fingerprint density at radius 2 is 2.31 bits per heavy atom. The molecule has 2 aromatic rings. The van der Waals surface area contributed by atoms with Gasteiger partial charge in [-0.2, -0.15) is 5.10 Å². The van der Waals surface area contributed by atoms with Gasteiger partial charge in [-0.15, -0.1) is 0 Å². The van der Waals surface area contributed by atoms with Gasteiger partial charge in [0.25, 0.3) is 0 Å². The van der Waals surface area contributed by atoms with E-state index in [9.17, 15) is 0 Å². The predicted octanol–water partition coefficient (Wildman–Crippen LogP) is 3.62. The fourth-order valence-corrected chi connectivity index (χ4v) is 1.71. The number of aromatic nitrogens is 2. The molecular formula is C13H13ClN2. The van der Waals surface area contributed by atoms with Crippen molar-refractivity contribution in [1.82, 2.24) is 9.78 Å². The highest BCUT2D eigenvalue weighted by molar-refractivity contribution is 6.30. The largest absolute Gasteiger partial charge is 0.268 e. The van der Waals surface area contributed by atoms with Gasteiger partial charge in [0.2, 0.25) is 0 Å². The van der Waals surface area contributed by atoms with Crippen molar-refractivity contribution in [3.8, 4) is 0 Å². The van der Waals surface area contributed by atoms with Crippen LogP contribution in [0.25, 0.3) is 5.57 Å². The van der Waals surface area contributed by atoms with Crippen LogP contribution in [0.2, 0.25) is 5.02 Å². The molecule has 1 aromatic heterocycles. The molecule has 0 spiro atoms. The Bertz CT molecular complexity index is 514. The normalized spacial score (nSPS) is 10.4. The molecule has 3 heteroatoms. The van der Waals surface area contributed by atoms with Crippen LogP contribution in [-0.2, 0) is 6.54 Å². The molecule has 2 rings (SSSR count). The van der Waals surface area contributed by atoms with Gasteiger partial charge in [-0.1, -0.05) is 30.3 Å². The summed E-state index contributed by atoms with van der Waals surface area (Å²) >= 11 is 5.92. The molecule has 1 heterocycles. The van der Waals surface area contributed by atoms with E-state index in [2.05, 4.69) is 11.7 Å². The van der Waals surface area contributed by atoms with E-state index < -0.39 is 0 Å². The summed E-state index contributed by atoms with van der Waals surface area (Å²) in [5.41, 5.74) is 3.24. The zero-order valence-corrected chi connectivity index (χ0v) is 9.91. The quantitative estimate of drug-likeness (QED) is 0.791. The van der Waals surface area contributed by atoms with Gasteiger partial charge in [0, 0.05) is 16.8 Å². The second-order valence-electron chi connectivity index (χ2n) is 3.84. The fraction of sp³-hybridized carbons (Fsp3) is 0.154. The Kier molecular flexibility index (Phi) is 3.11. The van der Waals surface area contributed by atoms with Crippen LogP contribution >= 0.6 is 11.6 Å². The number of benzene rings is 1. The number of nitrogens with zero attached hydrogens (tertiary/aromatic N) is 2. The third-order valence-electron chi connectivity index (χ3n) is 2.36. The van der Waals surface area contributed by atoms with Gasteiger partial charge in [-0.25, -0.2) is 0 Å². The van der Waals surface area contributed by atoms with Crippen molar-refractivity contribution >= 4 is 17.2 Å². The van der Waals surface area contributed by atoms with Crippen LogP contribution in [0, 0.1) is 0 Å². The Hall–Kier alpha value is -1.54. The number of hydrogen-bond donors (Lipinski definition) is 0. The van der Waals surface area contributed by atoms with Crippen molar-refractivity contribution in [1.29, 1.82) is 0 Å². The summed E-state index contributed by atoms with van der Waals surface area (Å²) in [6.45, 7) is 6.59.